The number of rotatable bonds is 11. The number of aryl methyl sites for hydroxylation is 1. The topological polar surface area (TPSA) is 118 Å². The van der Waals surface area contributed by atoms with Crippen molar-refractivity contribution in [3.63, 3.8) is 0 Å². The first-order valence-electron chi connectivity index (χ1n) is 11.5. The van der Waals surface area contributed by atoms with Crippen LogP contribution in [0.3, 0.4) is 0 Å². The maximum Gasteiger partial charge on any atom is 0.347 e. The molecule has 0 aromatic heterocycles. The van der Waals surface area contributed by atoms with Crippen molar-refractivity contribution in [3.8, 4) is 5.75 Å². The van der Waals surface area contributed by atoms with Crippen molar-refractivity contribution in [2.24, 2.45) is 0 Å². The fourth-order valence-corrected chi connectivity index (χ4v) is 8.87. The zero-order valence-electron chi connectivity index (χ0n) is 20.6. The lowest BCUT2D eigenvalue weighted by Gasteiger charge is -2.23. The van der Waals surface area contributed by atoms with Crippen LogP contribution in [0, 0.1) is 0 Å². The lowest BCUT2D eigenvalue weighted by molar-refractivity contribution is -0.152. The Morgan fingerprint density at radius 2 is 1.75 bits per heavy atom. The fourth-order valence-electron chi connectivity index (χ4n) is 4.01. The van der Waals surface area contributed by atoms with Gasteiger partial charge in [-0.25, -0.2) is 21.6 Å². The average Bonchev–Trinajstić information content (AvgIpc) is 2.98. The average molecular weight is 556 g/mol. The molecule has 0 fully saturated rings. The van der Waals surface area contributed by atoms with E-state index in [1.807, 2.05) is 6.92 Å². The highest BCUT2D eigenvalue weighted by atomic mass is 35.5. The monoisotopic (exact) mass is 555 g/mol. The number of halogens is 1. The van der Waals surface area contributed by atoms with Gasteiger partial charge in [-0.05, 0) is 87.1 Å². The van der Waals surface area contributed by atoms with Crippen LogP contribution in [-0.4, -0.2) is 50.9 Å². The molecule has 36 heavy (non-hydrogen) atoms. The number of aliphatic carboxylic acids is 1. The third-order valence-corrected chi connectivity index (χ3v) is 11.0. The summed E-state index contributed by atoms with van der Waals surface area (Å²) in [5.74, 6) is -0.667. The van der Waals surface area contributed by atoms with E-state index in [1.165, 1.54) is 43.3 Å². The first-order valence-corrected chi connectivity index (χ1v) is 14.8. The highest BCUT2D eigenvalue weighted by Gasteiger charge is 2.44. The van der Waals surface area contributed by atoms with E-state index in [0.29, 0.717) is 35.6 Å². The van der Waals surface area contributed by atoms with Crippen LogP contribution in [-0.2, 0) is 31.1 Å². The van der Waals surface area contributed by atoms with Gasteiger partial charge in [0.15, 0.2) is 9.84 Å². The van der Waals surface area contributed by atoms with Crippen LogP contribution in [0.2, 0.25) is 5.02 Å². The number of hydrogen-bond acceptors (Lipinski definition) is 6. The Labute approximate surface area is 217 Å². The Bertz CT molecular complexity index is 1400. The maximum absolute atomic E-state index is 13.6. The minimum absolute atomic E-state index is 0.0483. The number of carbonyl (C=O) groups is 1. The number of carboxylic acid groups (broad SMARTS) is 1. The van der Waals surface area contributed by atoms with E-state index in [-0.39, 0.29) is 23.6 Å². The molecule has 1 aliphatic heterocycles. The maximum atomic E-state index is 13.6. The predicted octanol–water partition coefficient (Wildman–Crippen LogP) is 4.73. The molecule has 3 rings (SSSR count). The molecule has 0 saturated carbocycles. The molecule has 1 aliphatic rings. The molecule has 8 nitrogen and oxygen atoms in total. The number of fused-ring (bicyclic) bond motifs is 1. The summed E-state index contributed by atoms with van der Waals surface area (Å²) in [4.78, 5) is 11.2. The molecule has 0 spiro atoms. The first kappa shape index (κ1) is 28.2. The minimum atomic E-state index is -4.28. The molecule has 0 atom stereocenters. The van der Waals surface area contributed by atoms with Gasteiger partial charge in [0, 0.05) is 18.1 Å². The summed E-state index contributed by atoms with van der Waals surface area (Å²) in [6.07, 6.45) is 1.53. The van der Waals surface area contributed by atoms with Crippen LogP contribution in [0.25, 0.3) is 5.57 Å². The number of nitrogens with zero attached hydrogens (tertiary/aromatic N) is 1. The number of sulfone groups is 1. The van der Waals surface area contributed by atoms with E-state index in [1.54, 1.807) is 24.3 Å². The fraction of sp³-hybridized carbons (Fsp3) is 0.400. The van der Waals surface area contributed by atoms with Crippen molar-refractivity contribution >= 4 is 43.0 Å². The minimum Gasteiger partial charge on any atom is -0.478 e. The van der Waals surface area contributed by atoms with Crippen LogP contribution < -0.4 is 4.74 Å². The molecular weight excluding hydrogens is 526 g/mol. The molecule has 2 aromatic carbocycles. The van der Waals surface area contributed by atoms with E-state index in [4.69, 9.17) is 16.3 Å². The Kier molecular flexibility index (Phi) is 8.24. The third-order valence-electron chi connectivity index (χ3n) is 5.92. The second-order valence-electron chi connectivity index (χ2n) is 9.13. The van der Waals surface area contributed by atoms with Crippen molar-refractivity contribution in [1.82, 2.24) is 4.31 Å². The SMILES string of the molecule is CCCN(CCCc1ccc(OC(C)(C)C(=O)O)cc1)S(=O)(=O)C1=C(C)c2cc(Cl)ccc2S1(=O)=O. The highest BCUT2D eigenvalue weighted by molar-refractivity contribution is 8.14. The number of sulfonamides is 1. The van der Waals surface area contributed by atoms with Gasteiger partial charge < -0.3 is 9.84 Å². The van der Waals surface area contributed by atoms with Gasteiger partial charge >= 0.3 is 5.97 Å². The van der Waals surface area contributed by atoms with Crippen LogP contribution in [0.4, 0.5) is 0 Å². The van der Waals surface area contributed by atoms with Gasteiger partial charge in [-0.3, -0.25) is 0 Å². The highest BCUT2D eigenvalue weighted by Crippen LogP contribution is 2.43. The van der Waals surface area contributed by atoms with E-state index in [2.05, 4.69) is 0 Å². The lowest BCUT2D eigenvalue weighted by Crippen LogP contribution is -2.37. The van der Waals surface area contributed by atoms with Crippen LogP contribution >= 0.6 is 11.6 Å². The van der Waals surface area contributed by atoms with E-state index >= 15 is 0 Å². The summed E-state index contributed by atoms with van der Waals surface area (Å²) in [7, 11) is -8.48. The number of ether oxygens (including phenoxy) is 1. The van der Waals surface area contributed by atoms with Crippen molar-refractivity contribution < 1.29 is 31.5 Å². The van der Waals surface area contributed by atoms with Gasteiger partial charge in [0.05, 0.1) is 4.90 Å². The first-order chi connectivity index (χ1) is 16.7. The molecule has 0 saturated heterocycles. The second kappa shape index (κ2) is 10.5. The summed E-state index contributed by atoms with van der Waals surface area (Å²) in [6.45, 7) is 6.57. The van der Waals surface area contributed by atoms with Crippen LogP contribution in [0.5, 0.6) is 5.75 Å². The molecule has 0 amide bonds. The van der Waals surface area contributed by atoms with Crippen molar-refractivity contribution in [1.29, 1.82) is 0 Å². The summed E-state index contributed by atoms with van der Waals surface area (Å²) >= 11 is 6.03. The van der Waals surface area contributed by atoms with E-state index in [9.17, 15) is 26.7 Å². The van der Waals surface area contributed by atoms with Crippen molar-refractivity contribution in [3.05, 3.63) is 62.9 Å². The van der Waals surface area contributed by atoms with Gasteiger partial charge in [-0.2, -0.15) is 4.31 Å². The zero-order chi connectivity index (χ0) is 26.9. The third kappa shape index (κ3) is 5.61. The predicted molar refractivity (Wildman–Crippen MR) is 139 cm³/mol. The van der Waals surface area contributed by atoms with Gasteiger partial charge in [0.25, 0.3) is 10.0 Å². The van der Waals surface area contributed by atoms with Crippen LogP contribution in [0.15, 0.2) is 51.6 Å². The molecule has 11 heteroatoms. The van der Waals surface area contributed by atoms with Gasteiger partial charge in [0.2, 0.25) is 9.84 Å². The Morgan fingerprint density at radius 1 is 1.11 bits per heavy atom. The summed E-state index contributed by atoms with van der Waals surface area (Å²) < 4.78 is 59.6. The molecule has 1 N–H and O–H groups in total. The number of carboxylic acids is 1. The molecule has 0 bridgehead atoms. The zero-order valence-corrected chi connectivity index (χ0v) is 23.0. The number of benzene rings is 2. The smallest absolute Gasteiger partial charge is 0.347 e. The van der Waals surface area contributed by atoms with Gasteiger partial charge in [-0.1, -0.05) is 30.7 Å². The normalized spacial score (nSPS) is 15.3. The van der Waals surface area contributed by atoms with E-state index in [0.717, 1.165) is 5.56 Å². The quantitative estimate of drug-likeness (QED) is 0.425. The molecule has 2 aromatic rings. The standard InChI is InChI=1S/C25H30ClNO7S2/c1-5-14-27(15-6-7-18-8-11-20(12-9-18)34-25(3,4)24(28)29)36(32,33)23-17(2)21-16-19(26)10-13-22(21)35(23,30)31/h8-13,16H,5-7,14-15H2,1-4H3,(H,28,29). The molecule has 196 valence electrons. The number of allylic oxidation sites excluding steroid dienone is 1. The van der Waals surface area contributed by atoms with Crippen molar-refractivity contribution in [2.75, 3.05) is 13.1 Å². The van der Waals surface area contributed by atoms with E-state index < -0.39 is 35.7 Å². The van der Waals surface area contributed by atoms with Crippen molar-refractivity contribution in [2.45, 2.75) is 57.5 Å². The Hall–Kier alpha value is -2.40. The largest absolute Gasteiger partial charge is 0.478 e. The lowest BCUT2D eigenvalue weighted by atomic mass is 10.1. The molecule has 1 heterocycles. The summed E-state index contributed by atoms with van der Waals surface area (Å²) in [6, 6.07) is 11.2. The van der Waals surface area contributed by atoms with Gasteiger partial charge in [-0.15, -0.1) is 0 Å². The molecule has 0 unspecified atom stereocenters. The Morgan fingerprint density at radius 3 is 2.33 bits per heavy atom. The number of hydrogen-bond donors (Lipinski definition) is 1. The second-order valence-corrected chi connectivity index (χ2v) is 13.6. The Balaban J connectivity index is 1.76. The van der Waals surface area contributed by atoms with Crippen LogP contribution in [0.1, 0.15) is 51.7 Å². The summed E-state index contributed by atoms with van der Waals surface area (Å²) in [5, 5.41) is 9.53. The summed E-state index contributed by atoms with van der Waals surface area (Å²) in [5.41, 5.74) is 0.0317. The molecule has 0 aliphatic carbocycles. The van der Waals surface area contributed by atoms with Gasteiger partial charge in [0.1, 0.15) is 5.75 Å². The molecular formula is C25H30ClNO7S2. The molecule has 0 radical (unpaired) electrons.